The fourth-order valence-electron chi connectivity index (χ4n) is 7.73. The smallest absolute Gasteiger partial charge is 0.128 e. The van der Waals surface area contributed by atoms with E-state index in [-0.39, 0.29) is 16.9 Å². The predicted molar refractivity (Wildman–Crippen MR) is 105 cm³/mol. The van der Waals surface area contributed by atoms with Crippen LogP contribution in [0.2, 0.25) is 0 Å². The zero-order chi connectivity index (χ0) is 19.4. The molecule has 0 aliphatic heterocycles. The summed E-state index contributed by atoms with van der Waals surface area (Å²) in [5, 5.41) is 28.8. The number of fused-ring (bicyclic) bond motifs is 5. The van der Waals surface area contributed by atoms with Crippen LogP contribution in [0.5, 0.6) is 0 Å². The number of allylic oxidation sites excluding steroid dienone is 3. The Labute approximate surface area is 163 Å². The average Bonchev–Trinajstić information content (AvgIpc) is 3.00. The summed E-state index contributed by atoms with van der Waals surface area (Å²) in [6.45, 7) is 6.92. The van der Waals surface area contributed by atoms with E-state index in [0.29, 0.717) is 17.4 Å². The van der Waals surface area contributed by atoms with Crippen molar-refractivity contribution in [2.24, 2.45) is 34.5 Å². The Morgan fingerprint density at radius 2 is 1.81 bits per heavy atom. The molecule has 3 heteroatoms. The zero-order valence-electron chi connectivity index (χ0n) is 17.0. The highest BCUT2D eigenvalue weighted by atomic mass is 16.3. The molecule has 3 nitrogen and oxygen atoms in total. The van der Waals surface area contributed by atoms with E-state index in [1.54, 1.807) is 0 Å². The van der Waals surface area contributed by atoms with Crippen LogP contribution in [0.15, 0.2) is 22.8 Å². The second-order valence-corrected chi connectivity index (χ2v) is 10.1. The van der Waals surface area contributed by atoms with Crippen molar-refractivity contribution in [3.05, 3.63) is 22.8 Å². The van der Waals surface area contributed by atoms with E-state index >= 15 is 0 Å². The van der Waals surface area contributed by atoms with Crippen LogP contribution in [-0.4, -0.2) is 11.2 Å². The molecule has 7 atom stereocenters. The van der Waals surface area contributed by atoms with Crippen LogP contribution >= 0.6 is 0 Å². The van der Waals surface area contributed by atoms with Gasteiger partial charge in [-0.3, -0.25) is 0 Å². The van der Waals surface area contributed by atoms with Gasteiger partial charge in [0.1, 0.15) is 17.7 Å². The molecule has 0 heterocycles. The van der Waals surface area contributed by atoms with Crippen LogP contribution in [0.1, 0.15) is 72.1 Å². The molecule has 0 aromatic rings. The van der Waals surface area contributed by atoms with Crippen molar-refractivity contribution >= 4 is 0 Å². The third-order valence-electron chi connectivity index (χ3n) is 9.22. The summed E-state index contributed by atoms with van der Waals surface area (Å²) in [6, 6.07) is 4.26. The van der Waals surface area contributed by atoms with Crippen molar-refractivity contribution in [2.75, 3.05) is 0 Å². The topological polar surface area (TPSA) is 67.8 Å². The highest BCUT2D eigenvalue weighted by molar-refractivity contribution is 5.41. The SMILES string of the molecule is CC(=C(C#N)C#N)[C@H]1CC[C@H]2[C@@H]3CC=C4C[C@@H](O)CC[C@]4(C)[C@H]3CC[C@]12C. The van der Waals surface area contributed by atoms with Crippen molar-refractivity contribution in [2.45, 2.75) is 78.2 Å². The van der Waals surface area contributed by atoms with Crippen LogP contribution in [0.3, 0.4) is 0 Å². The molecule has 0 bridgehead atoms. The normalized spacial score (nSPS) is 45.4. The van der Waals surface area contributed by atoms with Crippen LogP contribution in [0, 0.1) is 57.2 Å². The molecule has 144 valence electrons. The van der Waals surface area contributed by atoms with E-state index < -0.39 is 0 Å². The molecule has 0 radical (unpaired) electrons. The van der Waals surface area contributed by atoms with Crippen molar-refractivity contribution in [3.63, 3.8) is 0 Å². The first-order valence-electron chi connectivity index (χ1n) is 10.7. The van der Waals surface area contributed by atoms with Crippen molar-refractivity contribution in [3.8, 4) is 12.1 Å². The Balaban J connectivity index is 1.66. The van der Waals surface area contributed by atoms with E-state index in [4.69, 9.17) is 0 Å². The third kappa shape index (κ3) is 2.62. The van der Waals surface area contributed by atoms with E-state index in [0.717, 1.165) is 49.5 Å². The first-order chi connectivity index (χ1) is 12.8. The molecule has 0 amide bonds. The largest absolute Gasteiger partial charge is 0.393 e. The van der Waals surface area contributed by atoms with E-state index in [2.05, 4.69) is 32.1 Å². The molecule has 27 heavy (non-hydrogen) atoms. The Morgan fingerprint density at radius 3 is 2.52 bits per heavy atom. The second kappa shape index (κ2) is 6.49. The summed E-state index contributed by atoms with van der Waals surface area (Å²) >= 11 is 0. The van der Waals surface area contributed by atoms with Gasteiger partial charge in [0.25, 0.3) is 0 Å². The summed E-state index contributed by atoms with van der Waals surface area (Å²) in [5.74, 6) is 2.52. The summed E-state index contributed by atoms with van der Waals surface area (Å²) in [7, 11) is 0. The summed E-state index contributed by atoms with van der Waals surface area (Å²) in [4.78, 5) is 0. The maximum absolute atomic E-state index is 10.1. The average molecular weight is 365 g/mol. The van der Waals surface area contributed by atoms with Gasteiger partial charge in [-0.05, 0) is 98.4 Å². The van der Waals surface area contributed by atoms with Gasteiger partial charge in [0.2, 0.25) is 0 Å². The highest BCUT2D eigenvalue weighted by Crippen LogP contribution is 2.67. The molecule has 0 saturated heterocycles. The Bertz CT molecular complexity index is 765. The lowest BCUT2D eigenvalue weighted by atomic mass is 9.47. The minimum atomic E-state index is -0.145. The molecule has 3 fully saturated rings. The zero-order valence-corrected chi connectivity index (χ0v) is 17.0. The molecule has 4 aliphatic carbocycles. The monoisotopic (exact) mass is 364 g/mol. The second-order valence-electron chi connectivity index (χ2n) is 10.1. The maximum Gasteiger partial charge on any atom is 0.128 e. The quantitative estimate of drug-likeness (QED) is 0.508. The maximum atomic E-state index is 10.1. The molecular formula is C24H32N2O. The van der Waals surface area contributed by atoms with Gasteiger partial charge in [-0.15, -0.1) is 0 Å². The number of aliphatic hydroxyl groups is 1. The molecule has 4 aliphatic rings. The van der Waals surface area contributed by atoms with E-state index in [1.165, 1.54) is 24.8 Å². The van der Waals surface area contributed by atoms with Gasteiger partial charge in [-0.1, -0.05) is 25.5 Å². The van der Waals surface area contributed by atoms with Crippen molar-refractivity contribution < 1.29 is 5.11 Å². The van der Waals surface area contributed by atoms with Gasteiger partial charge in [0.15, 0.2) is 0 Å². The lowest BCUT2D eigenvalue weighted by Gasteiger charge is -2.58. The lowest BCUT2D eigenvalue weighted by molar-refractivity contribution is -0.0454. The predicted octanol–water partition coefficient (Wildman–Crippen LogP) is 5.29. The minimum absolute atomic E-state index is 0.145. The van der Waals surface area contributed by atoms with Crippen LogP contribution < -0.4 is 0 Å². The number of hydrogen-bond donors (Lipinski definition) is 1. The Hall–Kier alpha value is -1.58. The summed E-state index contributed by atoms with van der Waals surface area (Å²) < 4.78 is 0. The van der Waals surface area contributed by atoms with Crippen molar-refractivity contribution in [1.82, 2.24) is 0 Å². The van der Waals surface area contributed by atoms with E-state index in [9.17, 15) is 15.6 Å². The molecule has 3 saturated carbocycles. The van der Waals surface area contributed by atoms with Gasteiger partial charge in [-0.25, -0.2) is 0 Å². The van der Waals surface area contributed by atoms with Gasteiger partial charge >= 0.3 is 0 Å². The molecule has 0 aromatic heterocycles. The van der Waals surface area contributed by atoms with Crippen molar-refractivity contribution in [1.29, 1.82) is 10.5 Å². The first-order valence-corrected chi connectivity index (χ1v) is 10.7. The minimum Gasteiger partial charge on any atom is -0.393 e. The molecule has 4 rings (SSSR count). The third-order valence-corrected chi connectivity index (χ3v) is 9.22. The fraction of sp³-hybridized carbons (Fsp3) is 0.750. The number of rotatable bonds is 1. The van der Waals surface area contributed by atoms with Gasteiger partial charge < -0.3 is 5.11 Å². The standard InChI is InChI=1S/C24H32N2O/c1-15(16(13-25)14-26)20-6-7-21-19-5-4-17-12-18(27)8-10-23(17,2)22(19)9-11-24(20,21)3/h4,18-22,27H,5-12H2,1-3H3/t18-,19-,20+,21-,22-,23-,24+/m0/s1. The Kier molecular flexibility index (Phi) is 4.51. The molecule has 0 unspecified atom stereocenters. The number of nitriles is 2. The Morgan fingerprint density at radius 1 is 1.07 bits per heavy atom. The van der Waals surface area contributed by atoms with Gasteiger partial charge in [-0.2, -0.15) is 10.5 Å². The van der Waals surface area contributed by atoms with Crippen LogP contribution in [-0.2, 0) is 0 Å². The molecule has 0 spiro atoms. The number of hydrogen-bond acceptors (Lipinski definition) is 3. The highest BCUT2D eigenvalue weighted by Gasteiger charge is 2.58. The molecule has 0 aromatic carbocycles. The number of aliphatic hydroxyl groups excluding tert-OH is 1. The lowest BCUT2D eigenvalue weighted by Crippen LogP contribution is -2.50. The first kappa shape index (κ1) is 18.8. The van der Waals surface area contributed by atoms with Gasteiger partial charge in [0.05, 0.1) is 6.10 Å². The fourth-order valence-corrected chi connectivity index (χ4v) is 7.73. The number of nitrogens with zero attached hydrogens (tertiary/aromatic N) is 2. The van der Waals surface area contributed by atoms with Crippen LogP contribution in [0.25, 0.3) is 0 Å². The van der Waals surface area contributed by atoms with Crippen LogP contribution in [0.4, 0.5) is 0 Å². The van der Waals surface area contributed by atoms with Gasteiger partial charge in [0, 0.05) is 0 Å². The van der Waals surface area contributed by atoms with E-state index in [1.807, 2.05) is 6.92 Å². The molecular weight excluding hydrogens is 332 g/mol. The summed E-state index contributed by atoms with van der Waals surface area (Å²) in [6.07, 6.45) is 11.2. The summed E-state index contributed by atoms with van der Waals surface area (Å²) in [5.41, 5.74) is 3.38. The molecule has 1 N–H and O–H groups in total.